The van der Waals surface area contributed by atoms with Crippen LogP contribution in [0.25, 0.3) is 0 Å². The highest BCUT2D eigenvalue weighted by Gasteiger charge is 2.19. The van der Waals surface area contributed by atoms with Crippen LogP contribution >= 0.6 is 0 Å². The number of hydrogen-bond donors (Lipinski definition) is 1. The lowest BCUT2D eigenvalue weighted by Crippen LogP contribution is -2.48. The van der Waals surface area contributed by atoms with Gasteiger partial charge in [0.25, 0.3) is 0 Å². The van der Waals surface area contributed by atoms with Gasteiger partial charge in [0.2, 0.25) is 5.91 Å². The molecule has 0 atom stereocenters. The number of carbonyl (C=O) groups excluding carboxylic acids is 1. The zero-order valence-electron chi connectivity index (χ0n) is 16.9. The topological polar surface area (TPSA) is 35.6 Å². The summed E-state index contributed by atoms with van der Waals surface area (Å²) in [7, 11) is 0. The van der Waals surface area contributed by atoms with E-state index in [2.05, 4.69) is 33.3 Å². The predicted octanol–water partition coefficient (Wildman–Crippen LogP) is 4.18. The molecule has 154 valence electrons. The van der Waals surface area contributed by atoms with Crippen molar-refractivity contribution < 1.29 is 9.18 Å². The van der Waals surface area contributed by atoms with Gasteiger partial charge in [0, 0.05) is 37.6 Å². The maximum Gasteiger partial charge on any atom is 0.238 e. The smallest absolute Gasteiger partial charge is 0.238 e. The second-order valence-electron chi connectivity index (χ2n) is 7.61. The summed E-state index contributed by atoms with van der Waals surface area (Å²) in [5.41, 5.74) is 4.22. The van der Waals surface area contributed by atoms with E-state index in [0.29, 0.717) is 6.54 Å². The fourth-order valence-electron chi connectivity index (χ4n) is 3.82. The summed E-state index contributed by atoms with van der Waals surface area (Å²) in [6.07, 6.45) is 0.785. The SMILES string of the molecule is O=C(CN1CCN(c2ccc(F)cc2)CC1)Nc1ccccc1Cc1ccccc1. The summed E-state index contributed by atoms with van der Waals surface area (Å²) in [6.45, 7) is 3.62. The number of hydrogen-bond acceptors (Lipinski definition) is 3. The van der Waals surface area contributed by atoms with E-state index < -0.39 is 0 Å². The highest BCUT2D eigenvalue weighted by molar-refractivity contribution is 5.93. The van der Waals surface area contributed by atoms with Gasteiger partial charge in [-0.05, 0) is 47.9 Å². The van der Waals surface area contributed by atoms with Gasteiger partial charge in [-0.15, -0.1) is 0 Å². The predicted molar refractivity (Wildman–Crippen MR) is 119 cm³/mol. The van der Waals surface area contributed by atoms with E-state index in [1.54, 1.807) is 12.1 Å². The number of carbonyl (C=O) groups is 1. The third-order valence-electron chi connectivity index (χ3n) is 5.46. The van der Waals surface area contributed by atoms with Crippen LogP contribution in [0.3, 0.4) is 0 Å². The van der Waals surface area contributed by atoms with E-state index in [1.165, 1.54) is 17.7 Å². The molecule has 30 heavy (non-hydrogen) atoms. The summed E-state index contributed by atoms with van der Waals surface area (Å²) < 4.78 is 13.1. The molecule has 3 aromatic rings. The van der Waals surface area contributed by atoms with Crippen LogP contribution in [0.5, 0.6) is 0 Å². The standard InChI is InChI=1S/C25H26FN3O/c26-22-10-12-23(13-11-22)29-16-14-28(15-17-29)19-25(30)27-24-9-5-4-8-21(24)18-20-6-2-1-3-7-20/h1-13H,14-19H2,(H,27,30). The highest BCUT2D eigenvalue weighted by Crippen LogP contribution is 2.20. The molecule has 5 heteroatoms. The fourth-order valence-corrected chi connectivity index (χ4v) is 3.82. The summed E-state index contributed by atoms with van der Waals surface area (Å²) >= 11 is 0. The van der Waals surface area contributed by atoms with E-state index >= 15 is 0 Å². The van der Waals surface area contributed by atoms with Crippen LogP contribution in [0.15, 0.2) is 78.9 Å². The van der Waals surface area contributed by atoms with Gasteiger partial charge in [0.05, 0.1) is 6.54 Å². The zero-order chi connectivity index (χ0) is 20.8. The largest absolute Gasteiger partial charge is 0.369 e. The first kappa shape index (κ1) is 20.1. The van der Waals surface area contributed by atoms with Crippen molar-refractivity contribution in [3.05, 3.63) is 95.8 Å². The highest BCUT2D eigenvalue weighted by atomic mass is 19.1. The van der Waals surface area contributed by atoms with Crippen LogP contribution in [0.2, 0.25) is 0 Å². The number of benzene rings is 3. The Morgan fingerprint density at radius 2 is 1.50 bits per heavy atom. The van der Waals surface area contributed by atoms with Crippen LogP contribution in [-0.2, 0) is 11.2 Å². The summed E-state index contributed by atoms with van der Waals surface area (Å²) in [5, 5.41) is 3.09. The average Bonchev–Trinajstić information content (AvgIpc) is 2.77. The molecule has 1 aliphatic heterocycles. The van der Waals surface area contributed by atoms with Crippen LogP contribution in [-0.4, -0.2) is 43.5 Å². The normalized spacial score (nSPS) is 14.5. The number of anilines is 2. The van der Waals surface area contributed by atoms with E-state index in [9.17, 15) is 9.18 Å². The molecule has 1 aliphatic rings. The quantitative estimate of drug-likeness (QED) is 0.671. The van der Waals surface area contributed by atoms with E-state index in [-0.39, 0.29) is 11.7 Å². The van der Waals surface area contributed by atoms with Crippen molar-refractivity contribution in [3.8, 4) is 0 Å². The van der Waals surface area contributed by atoms with Crippen LogP contribution in [0.4, 0.5) is 15.8 Å². The Morgan fingerprint density at radius 1 is 0.833 bits per heavy atom. The lowest BCUT2D eigenvalue weighted by atomic mass is 10.0. The van der Waals surface area contributed by atoms with Gasteiger partial charge in [-0.25, -0.2) is 4.39 Å². The zero-order valence-corrected chi connectivity index (χ0v) is 16.9. The molecule has 4 rings (SSSR count). The number of rotatable bonds is 6. The maximum atomic E-state index is 13.1. The molecule has 1 amide bonds. The first-order valence-corrected chi connectivity index (χ1v) is 10.3. The van der Waals surface area contributed by atoms with E-state index in [4.69, 9.17) is 0 Å². The minimum absolute atomic E-state index is 0.00532. The Bertz CT molecular complexity index is 967. The second kappa shape index (κ2) is 9.55. The van der Waals surface area contributed by atoms with Crippen LogP contribution < -0.4 is 10.2 Å². The fraction of sp³-hybridized carbons (Fsp3) is 0.240. The minimum atomic E-state index is -0.221. The molecule has 1 fully saturated rings. The van der Waals surface area contributed by atoms with E-state index in [0.717, 1.165) is 49.5 Å². The average molecular weight is 404 g/mol. The molecular formula is C25H26FN3O. The van der Waals surface area contributed by atoms with Crippen molar-refractivity contribution in [2.24, 2.45) is 0 Å². The number of nitrogens with one attached hydrogen (secondary N) is 1. The lowest BCUT2D eigenvalue weighted by molar-refractivity contribution is -0.117. The number of amides is 1. The number of para-hydroxylation sites is 1. The Kier molecular flexibility index (Phi) is 6.40. The third-order valence-corrected chi connectivity index (χ3v) is 5.46. The van der Waals surface area contributed by atoms with Crippen molar-refractivity contribution in [1.82, 2.24) is 4.90 Å². The Morgan fingerprint density at radius 3 is 2.23 bits per heavy atom. The van der Waals surface area contributed by atoms with Gasteiger partial charge in [-0.1, -0.05) is 48.5 Å². The first-order valence-electron chi connectivity index (χ1n) is 10.3. The Labute approximate surface area is 176 Å². The van der Waals surface area contributed by atoms with Gasteiger partial charge in [0.15, 0.2) is 0 Å². The van der Waals surface area contributed by atoms with E-state index in [1.807, 2.05) is 36.4 Å². The molecule has 1 saturated heterocycles. The molecular weight excluding hydrogens is 377 g/mol. The van der Waals surface area contributed by atoms with Crippen LogP contribution in [0.1, 0.15) is 11.1 Å². The third kappa shape index (κ3) is 5.24. The summed E-state index contributed by atoms with van der Waals surface area (Å²) in [5.74, 6) is -0.215. The monoisotopic (exact) mass is 403 g/mol. The van der Waals surface area contributed by atoms with Crippen molar-refractivity contribution in [2.75, 3.05) is 42.9 Å². The lowest BCUT2D eigenvalue weighted by Gasteiger charge is -2.35. The van der Waals surface area contributed by atoms with Crippen LogP contribution in [0, 0.1) is 5.82 Å². The van der Waals surface area contributed by atoms with Gasteiger partial charge < -0.3 is 10.2 Å². The minimum Gasteiger partial charge on any atom is -0.369 e. The summed E-state index contributed by atoms with van der Waals surface area (Å²) in [4.78, 5) is 17.1. The number of halogens is 1. The molecule has 0 unspecified atom stereocenters. The molecule has 0 radical (unpaired) electrons. The Balaban J connectivity index is 1.31. The molecule has 1 heterocycles. The molecule has 3 aromatic carbocycles. The number of piperazine rings is 1. The summed E-state index contributed by atoms with van der Waals surface area (Å²) in [6, 6.07) is 24.8. The second-order valence-corrected chi connectivity index (χ2v) is 7.61. The first-order chi connectivity index (χ1) is 14.7. The van der Waals surface area contributed by atoms with Gasteiger partial charge >= 0.3 is 0 Å². The molecule has 0 aliphatic carbocycles. The Hall–Kier alpha value is -3.18. The van der Waals surface area contributed by atoms with Crippen molar-refractivity contribution in [3.63, 3.8) is 0 Å². The van der Waals surface area contributed by atoms with Gasteiger partial charge in [-0.3, -0.25) is 9.69 Å². The molecule has 0 bridgehead atoms. The molecule has 4 nitrogen and oxygen atoms in total. The van der Waals surface area contributed by atoms with Gasteiger partial charge in [0.1, 0.15) is 5.82 Å². The molecule has 0 saturated carbocycles. The van der Waals surface area contributed by atoms with Crippen molar-refractivity contribution in [2.45, 2.75) is 6.42 Å². The maximum absolute atomic E-state index is 13.1. The number of nitrogens with zero attached hydrogens (tertiary/aromatic N) is 2. The molecule has 0 aromatic heterocycles. The molecule has 0 spiro atoms. The van der Waals surface area contributed by atoms with Crippen molar-refractivity contribution >= 4 is 17.3 Å². The molecule has 1 N–H and O–H groups in total. The van der Waals surface area contributed by atoms with Gasteiger partial charge in [-0.2, -0.15) is 0 Å². The van der Waals surface area contributed by atoms with Crippen molar-refractivity contribution in [1.29, 1.82) is 0 Å².